The molecule has 0 aliphatic heterocycles. The number of carboxylic acid groups (broad SMARTS) is 1. The van der Waals surface area contributed by atoms with Crippen molar-refractivity contribution in [3.8, 4) is 0 Å². The lowest BCUT2D eigenvalue weighted by Gasteiger charge is -1.99. The molecule has 0 spiro atoms. The van der Waals surface area contributed by atoms with Gasteiger partial charge in [0.05, 0.1) is 0 Å². The Hall–Kier alpha value is -1.00. The molecule has 1 aromatic rings. The molecule has 0 heterocycles. The second-order valence-electron chi connectivity index (χ2n) is 3.43. The van der Waals surface area contributed by atoms with Crippen LogP contribution in [0, 0.1) is 6.92 Å². The Morgan fingerprint density at radius 3 is 2.24 bits per heavy atom. The van der Waals surface area contributed by atoms with Gasteiger partial charge in [-0.15, -0.1) is 11.8 Å². The summed E-state index contributed by atoms with van der Waals surface area (Å²) in [7, 11) is 0. The predicted octanol–water partition coefficient (Wildman–Crippen LogP) is 2.70. The molecule has 1 unspecified atom stereocenters. The second-order valence-corrected chi connectivity index (χ2v) is 4.78. The summed E-state index contributed by atoms with van der Waals surface area (Å²) in [6.07, 6.45) is 1.15. The number of carbonyl (C=O) groups is 1. The van der Waals surface area contributed by atoms with Gasteiger partial charge in [0.1, 0.15) is 0 Å². The molecule has 0 aliphatic rings. The van der Waals surface area contributed by atoms with Gasteiger partial charge in [-0.3, -0.25) is 0 Å². The van der Waals surface area contributed by atoms with E-state index in [9.17, 15) is 4.79 Å². The minimum Gasteiger partial charge on any atom is -0.479 e. The van der Waals surface area contributed by atoms with E-state index >= 15 is 0 Å². The first-order valence-corrected chi connectivity index (χ1v) is 6.64. The average Bonchev–Trinajstić information content (AvgIpc) is 2.31. The average molecular weight is 256 g/mol. The fraction of sp³-hybridized carbons (Fsp3) is 0.462. The first-order valence-electron chi connectivity index (χ1n) is 5.59. The summed E-state index contributed by atoms with van der Waals surface area (Å²) in [5, 5.41) is 16.5. The van der Waals surface area contributed by atoms with Crippen molar-refractivity contribution >= 4 is 17.7 Å². The number of aliphatic hydroxyl groups is 1. The molecule has 0 aliphatic carbocycles. The van der Waals surface area contributed by atoms with Gasteiger partial charge in [-0.1, -0.05) is 38.1 Å². The predicted molar refractivity (Wildman–Crippen MR) is 72.3 cm³/mol. The summed E-state index contributed by atoms with van der Waals surface area (Å²) in [6.45, 7) is 6.12. The highest BCUT2D eigenvalue weighted by Gasteiger charge is 2.10. The van der Waals surface area contributed by atoms with E-state index in [1.54, 1.807) is 6.92 Å². The molecule has 17 heavy (non-hydrogen) atoms. The van der Waals surface area contributed by atoms with E-state index in [0.29, 0.717) is 5.75 Å². The minimum atomic E-state index is -1.25. The highest BCUT2D eigenvalue weighted by molar-refractivity contribution is 8.00. The molecule has 0 radical (unpaired) electrons. The number of hydrogen-bond donors (Lipinski definition) is 2. The van der Waals surface area contributed by atoms with E-state index in [4.69, 9.17) is 10.2 Å². The number of aliphatic hydroxyl groups excluding tert-OH is 1. The third-order valence-electron chi connectivity index (χ3n) is 2.18. The van der Waals surface area contributed by atoms with Crippen molar-refractivity contribution in [2.24, 2.45) is 0 Å². The van der Waals surface area contributed by atoms with E-state index in [2.05, 4.69) is 38.1 Å². The molecule has 4 heteroatoms. The maximum absolute atomic E-state index is 9.82. The molecule has 96 valence electrons. The summed E-state index contributed by atoms with van der Waals surface area (Å²) in [5.74, 6) is -0.551. The molecule has 0 amide bonds. The van der Waals surface area contributed by atoms with E-state index in [1.807, 2.05) is 0 Å². The van der Waals surface area contributed by atoms with Crippen LogP contribution in [0.5, 0.6) is 0 Å². The van der Waals surface area contributed by atoms with Gasteiger partial charge in [0, 0.05) is 0 Å². The van der Waals surface area contributed by atoms with Gasteiger partial charge in [0.25, 0.3) is 0 Å². The fourth-order valence-corrected chi connectivity index (χ4v) is 1.69. The molecular weight excluding hydrogens is 236 g/mol. The van der Waals surface area contributed by atoms with Crippen molar-refractivity contribution in [2.45, 2.75) is 32.6 Å². The van der Waals surface area contributed by atoms with Gasteiger partial charge in [0.2, 0.25) is 0 Å². The van der Waals surface area contributed by atoms with E-state index < -0.39 is 11.4 Å². The van der Waals surface area contributed by atoms with Crippen molar-refractivity contribution < 1.29 is 15.0 Å². The Morgan fingerprint density at radius 1 is 1.35 bits per heavy atom. The minimum absolute atomic E-state index is 0.619. The van der Waals surface area contributed by atoms with Crippen LogP contribution in [0.4, 0.5) is 0 Å². The van der Waals surface area contributed by atoms with Crippen molar-refractivity contribution in [3.05, 3.63) is 35.4 Å². The third kappa shape index (κ3) is 7.02. The summed E-state index contributed by atoms with van der Waals surface area (Å²) >= 11 is 0.995. The van der Waals surface area contributed by atoms with Crippen LogP contribution in [-0.2, 0) is 11.2 Å². The topological polar surface area (TPSA) is 57.5 Å². The SMILES string of the molecule is CCSC(O)C(=O)O.CCc1ccccc1C. The number of thioether (sulfide) groups is 1. The lowest BCUT2D eigenvalue weighted by atomic mass is 10.1. The lowest BCUT2D eigenvalue weighted by molar-refractivity contribution is -0.141. The number of aryl methyl sites for hydroxylation is 2. The monoisotopic (exact) mass is 256 g/mol. The lowest BCUT2D eigenvalue weighted by Crippen LogP contribution is -2.14. The van der Waals surface area contributed by atoms with Gasteiger partial charge < -0.3 is 10.2 Å². The maximum Gasteiger partial charge on any atom is 0.343 e. The number of benzene rings is 1. The largest absolute Gasteiger partial charge is 0.479 e. The van der Waals surface area contributed by atoms with Crippen LogP contribution in [0.3, 0.4) is 0 Å². The van der Waals surface area contributed by atoms with E-state index in [-0.39, 0.29) is 0 Å². The smallest absolute Gasteiger partial charge is 0.343 e. The molecule has 3 nitrogen and oxygen atoms in total. The summed E-state index contributed by atoms with van der Waals surface area (Å²) in [4.78, 5) is 9.82. The Morgan fingerprint density at radius 2 is 1.94 bits per heavy atom. The van der Waals surface area contributed by atoms with Crippen molar-refractivity contribution in [3.63, 3.8) is 0 Å². The first kappa shape index (κ1) is 16.0. The van der Waals surface area contributed by atoms with Crippen LogP contribution in [0.25, 0.3) is 0 Å². The Bertz CT molecular complexity index is 339. The van der Waals surface area contributed by atoms with Gasteiger partial charge >= 0.3 is 5.97 Å². The van der Waals surface area contributed by atoms with Crippen molar-refractivity contribution in [1.82, 2.24) is 0 Å². The highest BCUT2D eigenvalue weighted by Crippen LogP contribution is 2.06. The molecule has 0 fully saturated rings. The molecule has 0 saturated carbocycles. The first-order chi connectivity index (χ1) is 8.02. The molecule has 0 aromatic heterocycles. The number of rotatable bonds is 4. The van der Waals surface area contributed by atoms with Crippen LogP contribution in [0.2, 0.25) is 0 Å². The van der Waals surface area contributed by atoms with E-state index in [0.717, 1.165) is 18.2 Å². The molecule has 1 aromatic carbocycles. The summed E-state index contributed by atoms with van der Waals surface area (Å²) in [5.41, 5.74) is 1.61. The summed E-state index contributed by atoms with van der Waals surface area (Å²) < 4.78 is 0. The highest BCUT2D eigenvalue weighted by atomic mass is 32.2. The zero-order valence-electron chi connectivity index (χ0n) is 10.5. The van der Waals surface area contributed by atoms with Gasteiger partial charge in [-0.2, -0.15) is 0 Å². The fourth-order valence-electron chi connectivity index (χ4n) is 1.24. The van der Waals surface area contributed by atoms with Gasteiger partial charge in [-0.25, -0.2) is 4.79 Å². The van der Waals surface area contributed by atoms with Crippen LogP contribution >= 0.6 is 11.8 Å². The maximum atomic E-state index is 9.82. The normalized spacial score (nSPS) is 11.3. The molecular formula is C13H20O3S. The second kappa shape index (κ2) is 9.07. The van der Waals surface area contributed by atoms with E-state index in [1.165, 1.54) is 11.1 Å². The van der Waals surface area contributed by atoms with Crippen molar-refractivity contribution in [1.29, 1.82) is 0 Å². The third-order valence-corrected chi connectivity index (χ3v) is 3.03. The Kier molecular flexibility index (Phi) is 8.54. The van der Waals surface area contributed by atoms with Crippen LogP contribution < -0.4 is 0 Å². The molecule has 2 N–H and O–H groups in total. The standard InChI is InChI=1S/C9H12.C4H8O3S/c1-3-9-7-5-4-6-8(9)2;1-2-8-4(7)3(5)6/h4-7H,3H2,1-2H3;4,7H,2H2,1H3,(H,5,6). The Balaban J connectivity index is 0.000000304. The van der Waals surface area contributed by atoms with Gasteiger partial charge in [-0.05, 0) is 30.2 Å². The molecule has 1 rings (SSSR count). The zero-order chi connectivity index (χ0) is 13.3. The van der Waals surface area contributed by atoms with Crippen LogP contribution in [0.1, 0.15) is 25.0 Å². The van der Waals surface area contributed by atoms with Gasteiger partial charge in [0.15, 0.2) is 5.44 Å². The number of carboxylic acids is 1. The molecule has 1 atom stereocenters. The van der Waals surface area contributed by atoms with Crippen LogP contribution in [-0.4, -0.2) is 27.4 Å². The number of aliphatic carboxylic acids is 1. The molecule has 0 bridgehead atoms. The molecule has 0 saturated heterocycles. The van der Waals surface area contributed by atoms with Crippen LogP contribution in [0.15, 0.2) is 24.3 Å². The summed E-state index contributed by atoms with van der Waals surface area (Å²) in [6, 6.07) is 8.49. The zero-order valence-corrected chi connectivity index (χ0v) is 11.3. The Labute approximate surface area is 107 Å². The number of hydrogen-bond acceptors (Lipinski definition) is 3. The van der Waals surface area contributed by atoms with Crippen molar-refractivity contribution in [2.75, 3.05) is 5.75 Å². The quantitative estimate of drug-likeness (QED) is 0.813.